The second kappa shape index (κ2) is 5.86. The molecule has 0 aliphatic rings. The lowest BCUT2D eigenvalue weighted by molar-refractivity contribution is 0.274. The summed E-state index contributed by atoms with van der Waals surface area (Å²) in [6.07, 6.45) is 0. The average Bonchev–Trinajstić information content (AvgIpc) is 2.38. The van der Waals surface area contributed by atoms with E-state index in [2.05, 4.69) is 15.9 Å². The lowest BCUT2D eigenvalue weighted by Gasteiger charge is -2.12. The zero-order valence-corrected chi connectivity index (χ0v) is 11.8. The highest BCUT2D eigenvalue weighted by molar-refractivity contribution is 9.10. The van der Waals surface area contributed by atoms with Crippen molar-refractivity contribution in [3.63, 3.8) is 0 Å². The Morgan fingerprint density at radius 1 is 1.21 bits per heavy atom. The second-order valence-corrected chi connectivity index (χ2v) is 4.95. The van der Waals surface area contributed by atoms with E-state index in [1.54, 1.807) is 0 Å². The van der Waals surface area contributed by atoms with Crippen molar-refractivity contribution in [2.45, 2.75) is 6.61 Å². The highest BCUT2D eigenvalue weighted by Gasteiger charge is 2.14. The van der Waals surface area contributed by atoms with Crippen molar-refractivity contribution in [1.29, 1.82) is 0 Å². The Bertz CT molecular complexity index is 620. The summed E-state index contributed by atoms with van der Waals surface area (Å²) >= 11 is 8.75. The topological polar surface area (TPSA) is 29.5 Å². The van der Waals surface area contributed by atoms with Gasteiger partial charge in [-0.3, -0.25) is 0 Å². The molecule has 0 radical (unpaired) electrons. The SMILES string of the molecule is OCc1cccc(F)c1Oc1cc(F)c(Cl)cc1Br. The van der Waals surface area contributed by atoms with Crippen LogP contribution in [0.4, 0.5) is 8.78 Å². The van der Waals surface area contributed by atoms with Gasteiger partial charge >= 0.3 is 0 Å². The smallest absolute Gasteiger partial charge is 0.168 e. The van der Waals surface area contributed by atoms with Crippen LogP contribution in [-0.4, -0.2) is 5.11 Å². The van der Waals surface area contributed by atoms with Crippen LogP contribution in [0.25, 0.3) is 0 Å². The third kappa shape index (κ3) is 3.05. The Hall–Kier alpha value is -1.17. The Balaban J connectivity index is 2.44. The van der Waals surface area contributed by atoms with E-state index < -0.39 is 11.6 Å². The maximum atomic E-state index is 13.7. The molecule has 2 aromatic rings. The van der Waals surface area contributed by atoms with Gasteiger partial charge in [0.05, 0.1) is 16.1 Å². The van der Waals surface area contributed by atoms with E-state index in [1.165, 1.54) is 24.3 Å². The summed E-state index contributed by atoms with van der Waals surface area (Å²) in [7, 11) is 0. The summed E-state index contributed by atoms with van der Waals surface area (Å²) in [6, 6.07) is 6.50. The summed E-state index contributed by atoms with van der Waals surface area (Å²) in [5, 5.41) is 9.06. The van der Waals surface area contributed by atoms with Gasteiger partial charge in [0.15, 0.2) is 11.6 Å². The van der Waals surface area contributed by atoms with Crippen LogP contribution in [0.1, 0.15) is 5.56 Å². The molecule has 0 heterocycles. The number of hydrogen-bond donors (Lipinski definition) is 1. The highest BCUT2D eigenvalue weighted by Crippen LogP contribution is 2.36. The number of para-hydroxylation sites is 1. The van der Waals surface area contributed by atoms with Gasteiger partial charge in [-0.05, 0) is 28.1 Å². The van der Waals surface area contributed by atoms with E-state index in [9.17, 15) is 8.78 Å². The largest absolute Gasteiger partial charge is 0.453 e. The molecule has 100 valence electrons. The molecule has 2 nitrogen and oxygen atoms in total. The highest BCUT2D eigenvalue weighted by atomic mass is 79.9. The standard InChI is InChI=1S/C13H8BrClF2O2/c14-8-4-9(15)11(17)5-12(8)19-13-7(6-18)2-1-3-10(13)16/h1-5,18H,6H2. The maximum absolute atomic E-state index is 13.7. The Labute approximate surface area is 121 Å². The van der Waals surface area contributed by atoms with Gasteiger partial charge in [0.2, 0.25) is 0 Å². The van der Waals surface area contributed by atoms with Crippen LogP contribution in [0.5, 0.6) is 11.5 Å². The van der Waals surface area contributed by atoms with E-state index in [4.69, 9.17) is 21.4 Å². The molecule has 0 bridgehead atoms. The normalized spacial score (nSPS) is 10.6. The first-order valence-corrected chi connectivity index (χ1v) is 6.40. The summed E-state index contributed by atoms with van der Waals surface area (Å²) in [4.78, 5) is 0. The van der Waals surface area contributed by atoms with Crippen molar-refractivity contribution in [3.8, 4) is 11.5 Å². The van der Waals surface area contributed by atoms with Gasteiger partial charge in [0, 0.05) is 11.6 Å². The summed E-state index contributed by atoms with van der Waals surface area (Å²) < 4.78 is 32.7. The number of ether oxygens (including phenoxy) is 1. The minimum atomic E-state index is -0.679. The van der Waals surface area contributed by atoms with Gasteiger partial charge in [-0.25, -0.2) is 8.78 Å². The summed E-state index contributed by atoms with van der Waals surface area (Å²) in [5.74, 6) is -1.40. The van der Waals surface area contributed by atoms with Gasteiger partial charge in [0.1, 0.15) is 11.6 Å². The zero-order valence-electron chi connectivity index (χ0n) is 9.46. The number of aliphatic hydroxyl groups excluding tert-OH is 1. The van der Waals surface area contributed by atoms with Gasteiger partial charge in [-0.15, -0.1) is 0 Å². The van der Waals surface area contributed by atoms with Crippen molar-refractivity contribution in [2.75, 3.05) is 0 Å². The summed E-state index contributed by atoms with van der Waals surface area (Å²) in [6.45, 7) is -0.388. The van der Waals surface area contributed by atoms with E-state index in [-0.39, 0.29) is 28.7 Å². The van der Waals surface area contributed by atoms with Crippen molar-refractivity contribution < 1.29 is 18.6 Å². The number of rotatable bonds is 3. The number of benzene rings is 2. The van der Waals surface area contributed by atoms with E-state index >= 15 is 0 Å². The molecule has 0 saturated carbocycles. The first-order chi connectivity index (χ1) is 9.02. The number of aliphatic hydroxyl groups is 1. The quantitative estimate of drug-likeness (QED) is 0.816. The van der Waals surface area contributed by atoms with Crippen LogP contribution in [0.3, 0.4) is 0 Å². The molecule has 0 saturated heterocycles. The molecule has 0 spiro atoms. The molecule has 2 rings (SSSR count). The minimum absolute atomic E-state index is 0.0710. The molecule has 2 aromatic carbocycles. The minimum Gasteiger partial charge on any atom is -0.453 e. The maximum Gasteiger partial charge on any atom is 0.168 e. The van der Waals surface area contributed by atoms with Crippen LogP contribution < -0.4 is 4.74 Å². The molecule has 0 unspecified atom stereocenters. The van der Waals surface area contributed by atoms with Crippen LogP contribution in [0.15, 0.2) is 34.8 Å². The predicted octanol–water partition coefficient (Wildman–Crippen LogP) is 4.67. The molecule has 0 amide bonds. The Kier molecular flexibility index (Phi) is 4.39. The molecule has 0 aliphatic heterocycles. The lowest BCUT2D eigenvalue weighted by atomic mass is 10.2. The van der Waals surface area contributed by atoms with Crippen LogP contribution in [0, 0.1) is 11.6 Å². The zero-order chi connectivity index (χ0) is 14.0. The molecule has 0 aliphatic carbocycles. The fourth-order valence-electron chi connectivity index (χ4n) is 1.48. The van der Waals surface area contributed by atoms with Gasteiger partial charge in [-0.1, -0.05) is 23.7 Å². The van der Waals surface area contributed by atoms with E-state index in [0.717, 1.165) is 6.07 Å². The fourth-order valence-corrected chi connectivity index (χ4v) is 2.20. The molecular weight excluding hydrogens is 341 g/mol. The third-order valence-electron chi connectivity index (χ3n) is 2.41. The monoisotopic (exact) mass is 348 g/mol. The molecule has 19 heavy (non-hydrogen) atoms. The van der Waals surface area contributed by atoms with Gasteiger partial charge < -0.3 is 9.84 Å². The van der Waals surface area contributed by atoms with Gasteiger partial charge in [-0.2, -0.15) is 0 Å². The first-order valence-electron chi connectivity index (χ1n) is 5.23. The van der Waals surface area contributed by atoms with Gasteiger partial charge in [0.25, 0.3) is 0 Å². The van der Waals surface area contributed by atoms with Crippen molar-refractivity contribution in [2.24, 2.45) is 0 Å². The molecule has 0 atom stereocenters. The molecular formula is C13H8BrClF2O2. The van der Waals surface area contributed by atoms with Crippen molar-refractivity contribution in [1.82, 2.24) is 0 Å². The van der Waals surface area contributed by atoms with Crippen molar-refractivity contribution >= 4 is 27.5 Å². The van der Waals surface area contributed by atoms with Crippen molar-refractivity contribution in [3.05, 3.63) is 57.0 Å². The Morgan fingerprint density at radius 2 is 1.95 bits per heavy atom. The number of halogens is 4. The fraction of sp³-hybridized carbons (Fsp3) is 0.0769. The average molecular weight is 350 g/mol. The third-order valence-corrected chi connectivity index (χ3v) is 3.32. The van der Waals surface area contributed by atoms with Crippen LogP contribution in [0.2, 0.25) is 5.02 Å². The first kappa shape index (κ1) is 14.2. The Morgan fingerprint density at radius 3 is 2.63 bits per heavy atom. The predicted molar refractivity (Wildman–Crippen MR) is 71.5 cm³/mol. The summed E-state index contributed by atoms with van der Waals surface area (Å²) in [5.41, 5.74) is 0.266. The van der Waals surface area contributed by atoms with E-state index in [0.29, 0.717) is 4.47 Å². The molecule has 6 heteroatoms. The van der Waals surface area contributed by atoms with Crippen LogP contribution in [-0.2, 0) is 6.61 Å². The molecule has 0 aromatic heterocycles. The van der Waals surface area contributed by atoms with E-state index in [1.807, 2.05) is 0 Å². The lowest BCUT2D eigenvalue weighted by Crippen LogP contribution is -1.96. The number of hydrogen-bond acceptors (Lipinski definition) is 2. The van der Waals surface area contributed by atoms with Crippen LogP contribution >= 0.6 is 27.5 Å². The second-order valence-electron chi connectivity index (χ2n) is 3.68. The molecule has 1 N–H and O–H groups in total. The molecule has 0 fully saturated rings.